The molecule has 2 rings (SSSR count). The molecule has 0 saturated carbocycles. The molecule has 1 aromatic heterocycles. The first kappa shape index (κ1) is 11.6. The van der Waals surface area contributed by atoms with Crippen LogP contribution in [0.1, 0.15) is 17.7 Å². The van der Waals surface area contributed by atoms with Crippen LogP contribution in [0.5, 0.6) is 0 Å². The number of hydrogen-bond acceptors (Lipinski definition) is 4. The van der Waals surface area contributed by atoms with Crippen molar-refractivity contribution in [2.75, 3.05) is 25.0 Å². The van der Waals surface area contributed by atoms with Crippen molar-refractivity contribution >= 4 is 5.82 Å². The third kappa shape index (κ3) is 3.30. The number of nitrogens with zero attached hydrogens (tertiary/aromatic N) is 2. The zero-order valence-electron chi connectivity index (χ0n) is 9.95. The molecular weight excluding hydrogens is 212 g/mol. The van der Waals surface area contributed by atoms with Crippen LogP contribution < -0.4 is 10.6 Å². The van der Waals surface area contributed by atoms with Crippen molar-refractivity contribution in [3.05, 3.63) is 35.0 Å². The molecule has 2 N–H and O–H groups in total. The van der Waals surface area contributed by atoms with E-state index in [0.717, 1.165) is 37.6 Å². The van der Waals surface area contributed by atoms with Crippen LogP contribution in [0.4, 0.5) is 5.82 Å². The molecule has 0 aromatic carbocycles. The Bertz CT molecular complexity index is 471. The summed E-state index contributed by atoms with van der Waals surface area (Å²) in [4.78, 5) is 4.36. The Kier molecular flexibility index (Phi) is 3.73. The maximum absolute atomic E-state index is 8.88. The fourth-order valence-electron chi connectivity index (χ4n) is 1.86. The molecule has 1 aliphatic heterocycles. The second kappa shape index (κ2) is 5.46. The first-order valence-electron chi connectivity index (χ1n) is 5.79. The fourth-order valence-corrected chi connectivity index (χ4v) is 1.86. The van der Waals surface area contributed by atoms with E-state index in [1.807, 2.05) is 6.92 Å². The van der Waals surface area contributed by atoms with Gasteiger partial charge in [0.05, 0.1) is 11.6 Å². The maximum Gasteiger partial charge on any atom is 0.127 e. The van der Waals surface area contributed by atoms with E-state index in [-0.39, 0.29) is 0 Å². The van der Waals surface area contributed by atoms with Crippen LogP contribution in [0.2, 0.25) is 0 Å². The number of aryl methyl sites for hydroxylation is 1. The highest BCUT2D eigenvalue weighted by atomic mass is 15.0. The molecule has 0 unspecified atom stereocenters. The molecule has 4 nitrogen and oxygen atoms in total. The third-order valence-corrected chi connectivity index (χ3v) is 2.74. The lowest BCUT2D eigenvalue weighted by atomic mass is 10.1. The van der Waals surface area contributed by atoms with E-state index in [9.17, 15) is 0 Å². The van der Waals surface area contributed by atoms with Gasteiger partial charge in [0.25, 0.3) is 0 Å². The van der Waals surface area contributed by atoms with Crippen molar-refractivity contribution in [2.24, 2.45) is 0 Å². The van der Waals surface area contributed by atoms with Crippen LogP contribution in [-0.4, -0.2) is 24.6 Å². The van der Waals surface area contributed by atoms with Crippen LogP contribution in [0.25, 0.3) is 0 Å². The first-order chi connectivity index (χ1) is 8.28. The molecule has 2 heterocycles. The summed E-state index contributed by atoms with van der Waals surface area (Å²) in [6, 6.07) is 5.71. The summed E-state index contributed by atoms with van der Waals surface area (Å²) in [5, 5.41) is 15.4. The molecule has 0 amide bonds. The van der Waals surface area contributed by atoms with Crippen LogP contribution in [0.15, 0.2) is 23.8 Å². The molecule has 0 aliphatic carbocycles. The topological polar surface area (TPSA) is 60.7 Å². The Morgan fingerprint density at radius 1 is 1.53 bits per heavy atom. The summed E-state index contributed by atoms with van der Waals surface area (Å²) in [5.41, 5.74) is 2.91. The van der Waals surface area contributed by atoms with Gasteiger partial charge in [0.2, 0.25) is 0 Å². The van der Waals surface area contributed by atoms with Gasteiger partial charge in [0.15, 0.2) is 0 Å². The molecule has 0 spiro atoms. The number of hydrogen-bond donors (Lipinski definition) is 2. The lowest BCUT2D eigenvalue weighted by molar-refractivity contribution is 0.697. The number of anilines is 1. The highest BCUT2D eigenvalue weighted by Crippen LogP contribution is 2.11. The van der Waals surface area contributed by atoms with E-state index in [1.165, 1.54) is 5.57 Å². The van der Waals surface area contributed by atoms with Gasteiger partial charge < -0.3 is 10.6 Å². The van der Waals surface area contributed by atoms with Gasteiger partial charge in [-0.3, -0.25) is 0 Å². The molecule has 0 saturated heterocycles. The minimum Gasteiger partial charge on any atom is -0.366 e. The maximum atomic E-state index is 8.88. The molecule has 17 heavy (non-hydrogen) atoms. The van der Waals surface area contributed by atoms with Crippen molar-refractivity contribution in [2.45, 2.75) is 13.3 Å². The van der Waals surface area contributed by atoms with E-state index < -0.39 is 0 Å². The second-order valence-electron chi connectivity index (χ2n) is 4.16. The second-order valence-corrected chi connectivity index (χ2v) is 4.16. The normalized spacial score (nSPS) is 14.9. The smallest absolute Gasteiger partial charge is 0.127 e. The third-order valence-electron chi connectivity index (χ3n) is 2.74. The van der Waals surface area contributed by atoms with Crippen molar-refractivity contribution in [1.29, 1.82) is 5.26 Å². The number of nitrogens with one attached hydrogen (secondary N) is 2. The number of nitriles is 1. The van der Waals surface area contributed by atoms with Gasteiger partial charge in [-0.25, -0.2) is 4.98 Å². The summed E-state index contributed by atoms with van der Waals surface area (Å²) in [6.45, 7) is 4.69. The Balaban J connectivity index is 2.01. The summed E-state index contributed by atoms with van der Waals surface area (Å²) in [6.07, 6.45) is 3.28. The van der Waals surface area contributed by atoms with Gasteiger partial charge in [-0.2, -0.15) is 5.26 Å². The Labute approximate surface area is 101 Å². The molecule has 0 radical (unpaired) electrons. The van der Waals surface area contributed by atoms with Crippen molar-refractivity contribution < 1.29 is 0 Å². The monoisotopic (exact) mass is 228 g/mol. The van der Waals surface area contributed by atoms with E-state index in [0.29, 0.717) is 5.56 Å². The van der Waals surface area contributed by atoms with Crippen molar-refractivity contribution in [1.82, 2.24) is 10.3 Å². The van der Waals surface area contributed by atoms with Gasteiger partial charge in [-0.15, -0.1) is 0 Å². The summed E-state index contributed by atoms with van der Waals surface area (Å²) >= 11 is 0. The average Bonchev–Trinajstić information content (AvgIpc) is 2.37. The molecule has 4 heteroatoms. The van der Waals surface area contributed by atoms with Crippen molar-refractivity contribution in [3.8, 4) is 6.07 Å². The highest BCUT2D eigenvalue weighted by molar-refractivity contribution is 5.45. The molecule has 1 aromatic rings. The molecule has 0 fully saturated rings. The number of aromatic nitrogens is 1. The highest BCUT2D eigenvalue weighted by Gasteiger charge is 2.04. The largest absolute Gasteiger partial charge is 0.366 e. The lowest BCUT2D eigenvalue weighted by Crippen LogP contribution is -2.23. The minimum absolute atomic E-state index is 0.652. The van der Waals surface area contributed by atoms with Crippen LogP contribution in [-0.2, 0) is 0 Å². The van der Waals surface area contributed by atoms with Gasteiger partial charge in [-0.1, -0.05) is 11.6 Å². The number of pyridine rings is 1. The lowest BCUT2D eigenvalue weighted by Gasteiger charge is -2.15. The van der Waals surface area contributed by atoms with Crippen LogP contribution >= 0.6 is 0 Å². The first-order valence-corrected chi connectivity index (χ1v) is 5.79. The summed E-state index contributed by atoms with van der Waals surface area (Å²) < 4.78 is 0. The molecule has 0 atom stereocenters. The zero-order chi connectivity index (χ0) is 12.1. The van der Waals surface area contributed by atoms with E-state index in [1.54, 1.807) is 12.1 Å². The Morgan fingerprint density at radius 2 is 2.41 bits per heavy atom. The Hall–Kier alpha value is -1.86. The van der Waals surface area contributed by atoms with Crippen LogP contribution in [0.3, 0.4) is 0 Å². The van der Waals surface area contributed by atoms with Gasteiger partial charge >= 0.3 is 0 Å². The molecule has 0 bridgehead atoms. The fraction of sp³-hybridized carbons (Fsp3) is 0.385. The molecule has 1 aliphatic rings. The van der Waals surface area contributed by atoms with Crippen LogP contribution in [0, 0.1) is 18.3 Å². The summed E-state index contributed by atoms with van der Waals surface area (Å²) in [7, 11) is 0. The van der Waals surface area contributed by atoms with Gasteiger partial charge in [0.1, 0.15) is 5.82 Å². The SMILES string of the molecule is Cc1cc(C#N)cc(NCC2=CCNCC2)n1. The predicted molar refractivity (Wildman–Crippen MR) is 67.7 cm³/mol. The summed E-state index contributed by atoms with van der Waals surface area (Å²) in [5.74, 6) is 0.779. The molecule has 88 valence electrons. The predicted octanol–water partition coefficient (Wildman–Crippen LogP) is 1.59. The molecular formula is C13H16N4. The Morgan fingerprint density at radius 3 is 3.12 bits per heavy atom. The standard InChI is InChI=1S/C13H16N4/c1-10-6-12(8-14)7-13(17-10)16-9-11-2-4-15-5-3-11/h2,6-7,15H,3-5,9H2,1H3,(H,16,17). The zero-order valence-corrected chi connectivity index (χ0v) is 9.95. The van der Waals surface area contributed by atoms with E-state index >= 15 is 0 Å². The minimum atomic E-state index is 0.652. The van der Waals surface area contributed by atoms with E-state index in [4.69, 9.17) is 5.26 Å². The average molecular weight is 228 g/mol. The van der Waals surface area contributed by atoms with Crippen molar-refractivity contribution in [3.63, 3.8) is 0 Å². The van der Waals surface area contributed by atoms with Gasteiger partial charge in [-0.05, 0) is 32.0 Å². The van der Waals surface area contributed by atoms with E-state index in [2.05, 4.69) is 27.8 Å². The van der Waals surface area contributed by atoms with Gasteiger partial charge in [0, 0.05) is 18.8 Å². The number of rotatable bonds is 3. The quantitative estimate of drug-likeness (QED) is 0.771.